The van der Waals surface area contributed by atoms with Crippen LogP contribution in [0, 0.1) is 10.1 Å². The van der Waals surface area contributed by atoms with Gasteiger partial charge >= 0.3 is 5.97 Å². The van der Waals surface area contributed by atoms with Crippen molar-refractivity contribution < 1.29 is 19.6 Å². The van der Waals surface area contributed by atoms with Gasteiger partial charge in [0.1, 0.15) is 0 Å². The number of nitro groups is 1. The van der Waals surface area contributed by atoms with Crippen LogP contribution in [0.15, 0.2) is 18.2 Å². The minimum Gasteiger partial charge on any atom is -0.478 e. The molecule has 0 aliphatic rings. The van der Waals surface area contributed by atoms with Gasteiger partial charge in [0.2, 0.25) is 5.91 Å². The molecule has 1 amide bonds. The van der Waals surface area contributed by atoms with E-state index >= 15 is 0 Å². The summed E-state index contributed by atoms with van der Waals surface area (Å²) in [5.41, 5.74) is -0.501. The first-order chi connectivity index (χ1) is 9.95. The van der Waals surface area contributed by atoms with Crippen molar-refractivity contribution in [2.75, 3.05) is 16.8 Å². The number of carboxylic acids is 1. The Morgan fingerprint density at radius 3 is 2.71 bits per heavy atom. The van der Waals surface area contributed by atoms with E-state index in [1.54, 1.807) is 0 Å². The largest absolute Gasteiger partial charge is 0.478 e. The maximum Gasteiger partial charge on any atom is 0.337 e. The van der Waals surface area contributed by atoms with Gasteiger partial charge in [0.25, 0.3) is 5.69 Å². The molecule has 0 spiro atoms. The lowest BCUT2D eigenvalue weighted by atomic mass is 10.1. The van der Waals surface area contributed by atoms with Gasteiger partial charge in [0.05, 0.1) is 21.9 Å². The van der Waals surface area contributed by atoms with Crippen LogP contribution in [0.25, 0.3) is 0 Å². The Labute approximate surface area is 125 Å². The van der Waals surface area contributed by atoms with E-state index in [4.69, 9.17) is 5.11 Å². The van der Waals surface area contributed by atoms with E-state index in [-0.39, 0.29) is 28.6 Å². The van der Waals surface area contributed by atoms with Gasteiger partial charge in [-0.1, -0.05) is 13.3 Å². The SMILES string of the molecule is CCCCSCC(=O)Nc1cc([N+](=O)[O-])ccc1C(=O)O. The zero-order valence-corrected chi connectivity index (χ0v) is 12.3. The third kappa shape index (κ3) is 5.42. The molecule has 0 aromatic heterocycles. The van der Waals surface area contributed by atoms with Crippen molar-refractivity contribution in [2.45, 2.75) is 19.8 Å². The number of nitro benzene ring substituents is 1. The average Bonchev–Trinajstić information content (AvgIpc) is 2.43. The molecule has 0 fully saturated rings. The maximum absolute atomic E-state index is 11.7. The second-order valence-electron chi connectivity index (χ2n) is 4.25. The van der Waals surface area contributed by atoms with E-state index in [0.717, 1.165) is 36.8 Å². The molecule has 7 nitrogen and oxygen atoms in total. The first-order valence-corrected chi connectivity index (χ1v) is 7.50. The summed E-state index contributed by atoms with van der Waals surface area (Å²) < 4.78 is 0. The summed E-state index contributed by atoms with van der Waals surface area (Å²) in [7, 11) is 0. The van der Waals surface area contributed by atoms with Gasteiger partial charge in [-0.3, -0.25) is 14.9 Å². The molecule has 1 rings (SSSR count). The summed E-state index contributed by atoms with van der Waals surface area (Å²) in [6, 6.07) is 3.26. The number of carboxylic acid groups (broad SMARTS) is 1. The second kappa shape index (κ2) is 8.25. The number of amides is 1. The third-order valence-electron chi connectivity index (χ3n) is 2.59. The van der Waals surface area contributed by atoms with Crippen molar-refractivity contribution in [1.29, 1.82) is 0 Å². The summed E-state index contributed by atoms with van der Waals surface area (Å²) in [6.07, 6.45) is 2.03. The van der Waals surface area contributed by atoms with Crippen LogP contribution in [-0.2, 0) is 4.79 Å². The van der Waals surface area contributed by atoms with Crippen molar-refractivity contribution in [3.8, 4) is 0 Å². The molecule has 0 atom stereocenters. The Kier molecular flexibility index (Phi) is 6.67. The van der Waals surface area contributed by atoms with Crippen LogP contribution in [-0.4, -0.2) is 33.4 Å². The van der Waals surface area contributed by atoms with E-state index in [1.807, 2.05) is 6.92 Å². The fraction of sp³-hybridized carbons (Fsp3) is 0.385. The molecule has 0 unspecified atom stereocenters. The molecule has 0 aliphatic heterocycles. The molecule has 1 aromatic carbocycles. The van der Waals surface area contributed by atoms with Crippen molar-refractivity contribution in [3.05, 3.63) is 33.9 Å². The van der Waals surface area contributed by atoms with Gasteiger partial charge in [-0.25, -0.2) is 4.79 Å². The summed E-state index contributed by atoms with van der Waals surface area (Å²) in [4.78, 5) is 32.9. The Morgan fingerprint density at radius 2 is 2.14 bits per heavy atom. The van der Waals surface area contributed by atoms with Gasteiger partial charge in [-0.2, -0.15) is 11.8 Å². The molecule has 114 valence electrons. The number of nitrogens with one attached hydrogen (secondary N) is 1. The number of thioether (sulfide) groups is 1. The van der Waals surface area contributed by atoms with E-state index < -0.39 is 10.9 Å². The van der Waals surface area contributed by atoms with Crippen LogP contribution in [0.5, 0.6) is 0 Å². The van der Waals surface area contributed by atoms with Crippen molar-refractivity contribution in [1.82, 2.24) is 0 Å². The van der Waals surface area contributed by atoms with Crippen LogP contribution in [0.3, 0.4) is 0 Å². The summed E-state index contributed by atoms with van der Waals surface area (Å²) in [5.74, 6) is -0.607. The predicted molar refractivity (Wildman–Crippen MR) is 80.9 cm³/mol. The molecule has 0 saturated carbocycles. The molecule has 2 N–H and O–H groups in total. The number of aromatic carboxylic acids is 1. The number of rotatable bonds is 8. The number of unbranched alkanes of at least 4 members (excludes halogenated alkanes) is 1. The van der Waals surface area contributed by atoms with Crippen LogP contribution in [0.2, 0.25) is 0 Å². The summed E-state index contributed by atoms with van der Waals surface area (Å²) in [6.45, 7) is 2.04. The first kappa shape index (κ1) is 17.0. The molecule has 0 aliphatic carbocycles. The van der Waals surface area contributed by atoms with Gasteiger partial charge < -0.3 is 10.4 Å². The average molecular weight is 312 g/mol. The highest BCUT2D eigenvalue weighted by atomic mass is 32.2. The zero-order valence-electron chi connectivity index (χ0n) is 11.5. The Hall–Kier alpha value is -2.09. The number of hydrogen-bond acceptors (Lipinski definition) is 5. The number of carbonyl (C=O) groups is 2. The third-order valence-corrected chi connectivity index (χ3v) is 3.64. The van der Waals surface area contributed by atoms with Gasteiger partial charge in [-0.15, -0.1) is 0 Å². The van der Waals surface area contributed by atoms with Crippen LogP contribution >= 0.6 is 11.8 Å². The minimum absolute atomic E-state index is 0.0576. The molecule has 0 radical (unpaired) electrons. The lowest BCUT2D eigenvalue weighted by Crippen LogP contribution is -2.17. The number of hydrogen-bond donors (Lipinski definition) is 2. The highest BCUT2D eigenvalue weighted by Gasteiger charge is 2.17. The number of benzene rings is 1. The fourth-order valence-electron chi connectivity index (χ4n) is 1.53. The molecular weight excluding hydrogens is 296 g/mol. The monoisotopic (exact) mass is 312 g/mol. The lowest BCUT2D eigenvalue weighted by molar-refractivity contribution is -0.384. The van der Waals surface area contributed by atoms with Gasteiger partial charge in [0, 0.05) is 12.1 Å². The zero-order chi connectivity index (χ0) is 15.8. The summed E-state index contributed by atoms with van der Waals surface area (Å²) >= 11 is 1.44. The van der Waals surface area contributed by atoms with E-state index in [9.17, 15) is 19.7 Å². The smallest absolute Gasteiger partial charge is 0.337 e. The Bertz CT molecular complexity index is 547. The Balaban J connectivity index is 2.79. The number of anilines is 1. The predicted octanol–water partition coefficient (Wildman–Crippen LogP) is 2.76. The normalized spacial score (nSPS) is 10.1. The molecule has 0 heterocycles. The highest BCUT2D eigenvalue weighted by molar-refractivity contribution is 7.99. The number of nitrogens with zero attached hydrogens (tertiary/aromatic N) is 1. The van der Waals surface area contributed by atoms with E-state index in [1.165, 1.54) is 11.8 Å². The molecule has 0 bridgehead atoms. The molecule has 0 saturated heterocycles. The molecule has 21 heavy (non-hydrogen) atoms. The van der Waals surface area contributed by atoms with E-state index in [2.05, 4.69) is 5.32 Å². The minimum atomic E-state index is -1.25. The fourth-order valence-corrected chi connectivity index (χ4v) is 2.43. The molecular formula is C13H16N2O5S. The molecule has 1 aromatic rings. The second-order valence-corrected chi connectivity index (χ2v) is 5.35. The number of carbonyl (C=O) groups excluding carboxylic acids is 1. The molecule has 8 heteroatoms. The van der Waals surface area contributed by atoms with Crippen LogP contribution in [0.4, 0.5) is 11.4 Å². The quantitative estimate of drug-likeness (QED) is 0.434. The van der Waals surface area contributed by atoms with Crippen molar-refractivity contribution in [3.63, 3.8) is 0 Å². The van der Waals surface area contributed by atoms with Crippen molar-refractivity contribution in [2.24, 2.45) is 0 Å². The lowest BCUT2D eigenvalue weighted by Gasteiger charge is -2.08. The van der Waals surface area contributed by atoms with Crippen molar-refractivity contribution >= 4 is 35.0 Å². The maximum atomic E-state index is 11.7. The van der Waals surface area contributed by atoms with Gasteiger partial charge in [-0.05, 0) is 18.2 Å². The highest BCUT2D eigenvalue weighted by Crippen LogP contribution is 2.23. The first-order valence-electron chi connectivity index (χ1n) is 6.35. The van der Waals surface area contributed by atoms with E-state index in [0.29, 0.717) is 0 Å². The van der Waals surface area contributed by atoms with Crippen LogP contribution < -0.4 is 5.32 Å². The van der Waals surface area contributed by atoms with Gasteiger partial charge in [0.15, 0.2) is 0 Å². The van der Waals surface area contributed by atoms with Crippen LogP contribution in [0.1, 0.15) is 30.1 Å². The topological polar surface area (TPSA) is 110 Å². The number of non-ortho nitro benzene ring substituents is 1. The standard InChI is InChI=1S/C13H16N2O5S/c1-2-3-6-21-8-12(16)14-11-7-9(15(19)20)4-5-10(11)13(17)18/h4-5,7H,2-3,6,8H2,1H3,(H,14,16)(H,17,18). The summed E-state index contributed by atoms with van der Waals surface area (Å²) in [5, 5.41) is 22.2. The Morgan fingerprint density at radius 1 is 1.43 bits per heavy atom.